The number of nitrogens with zero attached hydrogens (tertiary/aromatic N) is 1. The van der Waals surface area contributed by atoms with E-state index in [-0.39, 0.29) is 24.2 Å². The molecule has 11 nitrogen and oxygen atoms in total. The minimum Gasteiger partial charge on any atom is -0.481 e. The maximum atomic E-state index is 13.3. The Kier molecular flexibility index (Phi) is 16.6. The number of anilines is 2. The van der Waals surface area contributed by atoms with Crippen molar-refractivity contribution in [1.82, 2.24) is 10.6 Å². The zero-order valence-corrected chi connectivity index (χ0v) is 25.4. The Balaban J connectivity index is 2.99. The summed E-state index contributed by atoms with van der Waals surface area (Å²) < 4.78 is 0. The molecular weight excluding hydrogens is 524 g/mol. The molecule has 0 heterocycles. The molecular formula is C30H52N6O5. The molecule has 1 aromatic rings. The molecule has 0 unspecified atom stereocenters. The molecule has 3 atom stereocenters. The van der Waals surface area contributed by atoms with Gasteiger partial charge in [0.1, 0.15) is 12.1 Å². The van der Waals surface area contributed by atoms with E-state index in [1.54, 1.807) is 12.1 Å². The fourth-order valence-electron chi connectivity index (χ4n) is 4.35. The van der Waals surface area contributed by atoms with Crippen molar-refractivity contribution in [2.45, 2.75) is 97.7 Å². The molecule has 8 N–H and O–H groups in total. The molecule has 11 heteroatoms. The van der Waals surface area contributed by atoms with Crippen molar-refractivity contribution in [2.24, 2.45) is 23.3 Å². The first-order valence-electron chi connectivity index (χ1n) is 14.8. The Morgan fingerprint density at radius 2 is 1.51 bits per heavy atom. The van der Waals surface area contributed by atoms with Crippen molar-refractivity contribution in [3.8, 4) is 0 Å². The van der Waals surface area contributed by atoms with Gasteiger partial charge in [0.05, 0.1) is 6.04 Å². The van der Waals surface area contributed by atoms with Crippen molar-refractivity contribution in [1.29, 1.82) is 0 Å². The summed E-state index contributed by atoms with van der Waals surface area (Å²) in [5.41, 5.74) is 13.2. The highest BCUT2D eigenvalue weighted by Crippen LogP contribution is 2.20. The van der Waals surface area contributed by atoms with Crippen molar-refractivity contribution in [3.05, 3.63) is 24.3 Å². The molecule has 1 rings (SSSR count). The average Bonchev–Trinajstić information content (AvgIpc) is 2.91. The normalized spacial score (nSPS) is 13.4. The number of hydrogen-bond donors (Lipinski definition) is 6. The lowest BCUT2D eigenvalue weighted by atomic mass is 10.00. The predicted octanol–water partition coefficient (Wildman–Crippen LogP) is 2.83. The van der Waals surface area contributed by atoms with Crippen LogP contribution < -0.4 is 32.3 Å². The van der Waals surface area contributed by atoms with Crippen molar-refractivity contribution >= 4 is 35.1 Å². The number of hydrogen-bond acceptors (Lipinski definition) is 7. The van der Waals surface area contributed by atoms with Gasteiger partial charge < -0.3 is 37.4 Å². The van der Waals surface area contributed by atoms with E-state index in [9.17, 15) is 19.2 Å². The van der Waals surface area contributed by atoms with E-state index in [0.29, 0.717) is 50.9 Å². The number of aliphatic carboxylic acids is 1. The van der Waals surface area contributed by atoms with Crippen LogP contribution in [0.3, 0.4) is 0 Å². The van der Waals surface area contributed by atoms with Gasteiger partial charge in [-0.05, 0) is 81.2 Å². The maximum absolute atomic E-state index is 13.3. The highest BCUT2D eigenvalue weighted by molar-refractivity contribution is 5.98. The van der Waals surface area contributed by atoms with Gasteiger partial charge in [0.25, 0.3) is 0 Å². The average molecular weight is 577 g/mol. The molecule has 0 fully saturated rings. The van der Waals surface area contributed by atoms with Crippen LogP contribution in [0.4, 0.5) is 11.4 Å². The lowest BCUT2D eigenvalue weighted by Gasteiger charge is -2.26. The fourth-order valence-corrected chi connectivity index (χ4v) is 4.35. The number of carboxylic acid groups (broad SMARTS) is 1. The molecule has 0 aliphatic heterocycles. The number of benzene rings is 1. The molecule has 0 aliphatic carbocycles. The van der Waals surface area contributed by atoms with Gasteiger partial charge in [-0.3, -0.25) is 19.2 Å². The summed E-state index contributed by atoms with van der Waals surface area (Å²) in [5, 5.41) is 17.5. The van der Waals surface area contributed by atoms with Crippen molar-refractivity contribution in [2.75, 3.05) is 29.9 Å². The maximum Gasteiger partial charge on any atom is 0.303 e. The molecule has 41 heavy (non-hydrogen) atoms. The van der Waals surface area contributed by atoms with Crippen LogP contribution >= 0.6 is 0 Å². The zero-order valence-electron chi connectivity index (χ0n) is 25.4. The molecule has 0 aromatic heterocycles. The molecule has 0 radical (unpaired) electrons. The number of nitrogens with two attached hydrogens (primary N) is 2. The molecule has 0 aliphatic rings. The molecule has 0 bridgehead atoms. The van der Waals surface area contributed by atoms with Gasteiger partial charge in [-0.25, -0.2) is 0 Å². The van der Waals surface area contributed by atoms with Gasteiger partial charge >= 0.3 is 5.97 Å². The molecule has 232 valence electrons. The minimum absolute atomic E-state index is 0.0854. The molecule has 0 saturated carbocycles. The summed E-state index contributed by atoms with van der Waals surface area (Å²) in [6, 6.07) is 4.99. The van der Waals surface area contributed by atoms with E-state index in [2.05, 4.69) is 27.8 Å². The van der Waals surface area contributed by atoms with E-state index in [0.717, 1.165) is 18.7 Å². The van der Waals surface area contributed by atoms with Crippen molar-refractivity contribution in [3.63, 3.8) is 0 Å². The summed E-state index contributed by atoms with van der Waals surface area (Å²) >= 11 is 0. The second-order valence-electron chi connectivity index (χ2n) is 11.3. The third kappa shape index (κ3) is 13.8. The van der Waals surface area contributed by atoms with E-state index in [4.69, 9.17) is 16.6 Å². The smallest absolute Gasteiger partial charge is 0.303 e. The zero-order chi connectivity index (χ0) is 30.9. The summed E-state index contributed by atoms with van der Waals surface area (Å²) in [6.07, 6.45) is 3.72. The van der Waals surface area contributed by atoms with Crippen LogP contribution in [-0.2, 0) is 19.2 Å². The summed E-state index contributed by atoms with van der Waals surface area (Å²) in [6.45, 7) is 11.5. The summed E-state index contributed by atoms with van der Waals surface area (Å²) in [7, 11) is 0. The number of carbonyl (C=O) groups excluding carboxylic acids is 3. The predicted molar refractivity (Wildman–Crippen MR) is 163 cm³/mol. The number of carbonyl (C=O) groups is 4. The van der Waals surface area contributed by atoms with Gasteiger partial charge in [-0.15, -0.1) is 0 Å². The molecule has 0 spiro atoms. The number of rotatable bonds is 20. The first-order chi connectivity index (χ1) is 19.4. The fraction of sp³-hybridized carbons (Fsp3) is 0.667. The van der Waals surface area contributed by atoms with Gasteiger partial charge in [0.2, 0.25) is 17.7 Å². The van der Waals surface area contributed by atoms with Crippen LogP contribution in [0, 0.1) is 11.8 Å². The van der Waals surface area contributed by atoms with Gasteiger partial charge in [-0.2, -0.15) is 0 Å². The topological polar surface area (TPSA) is 180 Å². The van der Waals surface area contributed by atoms with Crippen molar-refractivity contribution < 1.29 is 24.3 Å². The second kappa shape index (κ2) is 19.0. The quantitative estimate of drug-likeness (QED) is 0.128. The number of carboxylic acids is 1. The minimum atomic E-state index is -0.818. The number of nitrogens with one attached hydrogen (secondary N) is 3. The van der Waals surface area contributed by atoms with Gasteiger partial charge in [0, 0.05) is 30.9 Å². The first-order valence-corrected chi connectivity index (χ1v) is 14.8. The van der Waals surface area contributed by atoms with Gasteiger partial charge in [0.15, 0.2) is 0 Å². The van der Waals surface area contributed by atoms with E-state index < -0.39 is 35.9 Å². The Hall–Kier alpha value is -3.18. The Morgan fingerprint density at radius 3 is 2.05 bits per heavy atom. The Morgan fingerprint density at radius 1 is 0.878 bits per heavy atom. The van der Waals surface area contributed by atoms with Crippen LogP contribution in [0.5, 0.6) is 0 Å². The van der Waals surface area contributed by atoms with Crippen LogP contribution in [-0.4, -0.2) is 66.6 Å². The Bertz CT molecular complexity index is 953. The summed E-state index contributed by atoms with van der Waals surface area (Å²) in [4.78, 5) is 52.2. The lowest BCUT2D eigenvalue weighted by Crippen LogP contribution is -2.56. The number of unbranched alkanes of at least 4 members (excludes halogenated alkanes) is 1. The van der Waals surface area contributed by atoms with E-state index in [1.165, 1.54) is 0 Å². The van der Waals surface area contributed by atoms with Crippen LogP contribution in [0.2, 0.25) is 0 Å². The lowest BCUT2D eigenvalue weighted by molar-refractivity contribution is -0.137. The third-order valence-corrected chi connectivity index (χ3v) is 6.75. The molecule has 1 aromatic carbocycles. The molecule has 3 amide bonds. The van der Waals surface area contributed by atoms with E-state index in [1.807, 2.05) is 39.8 Å². The van der Waals surface area contributed by atoms with Crippen LogP contribution in [0.15, 0.2) is 24.3 Å². The van der Waals surface area contributed by atoms with Gasteiger partial charge in [-0.1, -0.05) is 34.6 Å². The van der Waals surface area contributed by atoms with E-state index >= 15 is 0 Å². The number of amides is 3. The second-order valence-corrected chi connectivity index (χ2v) is 11.3. The third-order valence-electron chi connectivity index (χ3n) is 6.75. The SMILES string of the molecule is CCCN(CCCC(=O)O)c1ccc(NC(=O)[C@H](CCCCN)NC(=O)[C@H](CC(C)C)NC(=O)[C@H](N)C(C)C)cc1. The first kappa shape index (κ1) is 35.8. The summed E-state index contributed by atoms with van der Waals surface area (Å²) in [5.74, 6) is -1.96. The standard InChI is InChI=1S/C30H52N6O5/c1-6-17-36(18-9-11-26(37)38)23-14-12-22(13-15-23)33-28(39)24(10-7-8-16-31)34-29(40)25(19-20(2)3)35-30(41)27(32)21(4)5/h12-15,20-21,24-25,27H,6-11,16-19,31-32H2,1-5H3,(H,33,39)(H,34,40)(H,35,41)(H,37,38)/t24-,25-,27+/m0/s1. The largest absolute Gasteiger partial charge is 0.481 e. The Labute approximate surface area is 245 Å². The highest BCUT2D eigenvalue weighted by atomic mass is 16.4. The van der Waals surface area contributed by atoms with Crippen LogP contribution in [0.1, 0.15) is 79.6 Å². The monoisotopic (exact) mass is 576 g/mol. The van der Waals surface area contributed by atoms with Crippen LogP contribution in [0.25, 0.3) is 0 Å². The highest BCUT2D eigenvalue weighted by Gasteiger charge is 2.29. The molecule has 0 saturated heterocycles.